The number of nitrogens with one attached hydrogen (secondary N) is 2. The van der Waals surface area contributed by atoms with Gasteiger partial charge in [0.1, 0.15) is 23.1 Å². The van der Waals surface area contributed by atoms with E-state index in [1.165, 1.54) is 25.2 Å². The van der Waals surface area contributed by atoms with E-state index in [4.69, 9.17) is 42.4 Å². The number of benzene rings is 1. The van der Waals surface area contributed by atoms with Gasteiger partial charge >= 0.3 is 0 Å². The van der Waals surface area contributed by atoms with Crippen molar-refractivity contribution in [3.8, 4) is 22.8 Å². The van der Waals surface area contributed by atoms with Crippen molar-refractivity contribution in [1.29, 1.82) is 0 Å². The standard InChI is InChI=1S/C27H27Cl2F2N5O4/c1-4-22(37)34-16-5-6-40-11-18(16)33-21-8-15-14(10-32-21)7-17(35-26(15)36-12-27(30,31)13-36)23-24(28)19(38-2)9-20(39-3)25(23)29/h4,7-10,16,18H,1,5-6,11-13H2,2-3H3,(H,32,33)(H,34,37)/t16-,18+/m0/s1. The summed E-state index contributed by atoms with van der Waals surface area (Å²) in [4.78, 5) is 22.7. The van der Waals surface area contributed by atoms with Crippen LogP contribution in [0.1, 0.15) is 6.42 Å². The van der Waals surface area contributed by atoms with E-state index in [9.17, 15) is 13.6 Å². The van der Waals surface area contributed by atoms with Crippen LogP contribution in [-0.4, -0.2) is 74.4 Å². The molecule has 0 saturated carbocycles. The van der Waals surface area contributed by atoms with Gasteiger partial charge in [-0.2, -0.15) is 0 Å². The second-order valence-corrected chi connectivity index (χ2v) is 10.3. The van der Waals surface area contributed by atoms with Gasteiger partial charge in [0.05, 0.1) is 61.7 Å². The van der Waals surface area contributed by atoms with Gasteiger partial charge in [-0.15, -0.1) is 0 Å². The Morgan fingerprint density at radius 2 is 1.88 bits per heavy atom. The normalized spacial score (nSPS) is 20.0. The third kappa shape index (κ3) is 5.45. The van der Waals surface area contributed by atoms with Gasteiger partial charge in [-0.3, -0.25) is 4.79 Å². The van der Waals surface area contributed by atoms with Gasteiger partial charge in [0.25, 0.3) is 5.92 Å². The number of pyridine rings is 2. The zero-order valence-corrected chi connectivity index (χ0v) is 23.3. The number of ether oxygens (including phenoxy) is 3. The lowest BCUT2D eigenvalue weighted by Crippen LogP contribution is -2.56. The average molecular weight is 594 g/mol. The van der Waals surface area contributed by atoms with Crippen LogP contribution in [0.3, 0.4) is 0 Å². The van der Waals surface area contributed by atoms with Crippen LogP contribution in [0, 0.1) is 0 Å². The van der Waals surface area contributed by atoms with E-state index in [0.717, 1.165) is 0 Å². The molecule has 5 rings (SSSR count). The maximum Gasteiger partial charge on any atom is 0.282 e. The number of carbonyl (C=O) groups excluding carboxylic acids is 1. The number of alkyl halides is 2. The van der Waals surface area contributed by atoms with Crippen LogP contribution >= 0.6 is 23.2 Å². The van der Waals surface area contributed by atoms with E-state index in [1.54, 1.807) is 24.4 Å². The van der Waals surface area contributed by atoms with E-state index in [2.05, 4.69) is 22.2 Å². The molecule has 1 aromatic carbocycles. The van der Waals surface area contributed by atoms with Crippen molar-refractivity contribution in [2.45, 2.75) is 24.4 Å². The molecule has 0 bridgehead atoms. The highest BCUT2D eigenvalue weighted by Crippen LogP contribution is 2.47. The van der Waals surface area contributed by atoms with Crippen molar-refractivity contribution < 1.29 is 27.8 Å². The molecule has 2 atom stereocenters. The summed E-state index contributed by atoms with van der Waals surface area (Å²) in [7, 11) is 2.92. The molecule has 0 radical (unpaired) electrons. The van der Waals surface area contributed by atoms with E-state index >= 15 is 0 Å². The summed E-state index contributed by atoms with van der Waals surface area (Å²) in [5, 5.41) is 7.86. The molecule has 0 aliphatic carbocycles. The average Bonchev–Trinajstić information content (AvgIpc) is 2.92. The first-order valence-electron chi connectivity index (χ1n) is 12.4. The van der Waals surface area contributed by atoms with Gasteiger partial charge in [-0.1, -0.05) is 29.8 Å². The molecule has 2 N–H and O–H groups in total. The number of hydrogen-bond donors (Lipinski definition) is 2. The second kappa shape index (κ2) is 11.2. The summed E-state index contributed by atoms with van der Waals surface area (Å²) in [6, 6.07) is 4.56. The highest BCUT2D eigenvalue weighted by molar-refractivity contribution is 6.41. The fraction of sp³-hybridized carbons (Fsp3) is 0.370. The Bertz CT molecular complexity index is 1440. The molecule has 2 aliphatic heterocycles. The number of anilines is 2. The monoisotopic (exact) mass is 593 g/mol. The Kier molecular flexibility index (Phi) is 7.89. The van der Waals surface area contributed by atoms with Gasteiger partial charge in [-0.25, -0.2) is 18.7 Å². The second-order valence-electron chi connectivity index (χ2n) is 9.55. The van der Waals surface area contributed by atoms with Crippen LogP contribution in [-0.2, 0) is 9.53 Å². The molecule has 13 heteroatoms. The number of rotatable bonds is 8. The van der Waals surface area contributed by atoms with Gasteiger partial charge in [-0.05, 0) is 24.6 Å². The van der Waals surface area contributed by atoms with Gasteiger partial charge in [0.2, 0.25) is 5.91 Å². The third-order valence-corrected chi connectivity index (χ3v) is 7.62. The van der Waals surface area contributed by atoms with Crippen LogP contribution in [0.15, 0.2) is 37.1 Å². The molecule has 9 nitrogen and oxygen atoms in total. The van der Waals surface area contributed by atoms with Crippen LogP contribution in [0.4, 0.5) is 20.4 Å². The highest BCUT2D eigenvalue weighted by atomic mass is 35.5. The maximum atomic E-state index is 14.0. The van der Waals surface area contributed by atoms with Crippen LogP contribution in [0.5, 0.6) is 11.5 Å². The fourth-order valence-corrected chi connectivity index (χ4v) is 5.53. The number of halogens is 4. The topological polar surface area (TPSA) is 97.8 Å². The minimum absolute atomic E-state index is 0.205. The quantitative estimate of drug-likeness (QED) is 0.354. The largest absolute Gasteiger partial charge is 0.495 e. The smallest absolute Gasteiger partial charge is 0.282 e. The number of methoxy groups -OCH3 is 2. The third-order valence-electron chi connectivity index (χ3n) is 6.87. The number of fused-ring (bicyclic) bond motifs is 1. The number of nitrogens with zero attached hydrogens (tertiary/aromatic N) is 3. The predicted octanol–water partition coefficient (Wildman–Crippen LogP) is 4.95. The molecule has 4 heterocycles. The van der Waals surface area contributed by atoms with Crippen molar-refractivity contribution >= 4 is 51.5 Å². The number of aromatic nitrogens is 2. The van der Waals surface area contributed by atoms with Crippen molar-refractivity contribution in [3.63, 3.8) is 0 Å². The Hall–Kier alpha value is -3.41. The molecule has 212 valence electrons. The lowest BCUT2D eigenvalue weighted by molar-refractivity contribution is -0.117. The molecule has 0 unspecified atom stereocenters. The lowest BCUT2D eigenvalue weighted by atomic mass is 10.0. The van der Waals surface area contributed by atoms with Crippen molar-refractivity contribution in [1.82, 2.24) is 15.3 Å². The summed E-state index contributed by atoms with van der Waals surface area (Å²) in [5.74, 6) is -1.67. The van der Waals surface area contributed by atoms with Crippen molar-refractivity contribution in [3.05, 3.63) is 47.1 Å². The molecule has 2 aromatic heterocycles. The van der Waals surface area contributed by atoms with Crippen LogP contribution in [0.2, 0.25) is 10.0 Å². The van der Waals surface area contributed by atoms with Gasteiger partial charge in [0.15, 0.2) is 0 Å². The summed E-state index contributed by atoms with van der Waals surface area (Å²) in [6.07, 6.45) is 3.44. The zero-order chi connectivity index (χ0) is 28.6. The van der Waals surface area contributed by atoms with Crippen molar-refractivity contribution in [2.75, 3.05) is 50.7 Å². The minimum atomic E-state index is -2.83. The summed E-state index contributed by atoms with van der Waals surface area (Å²) in [5.41, 5.74) is 0.692. The first-order valence-corrected chi connectivity index (χ1v) is 13.2. The first-order chi connectivity index (χ1) is 19.1. The van der Waals surface area contributed by atoms with Crippen molar-refractivity contribution in [2.24, 2.45) is 0 Å². The number of carbonyl (C=O) groups is 1. The van der Waals surface area contributed by atoms with Crippen LogP contribution < -0.4 is 25.0 Å². The molecule has 0 spiro atoms. The van der Waals surface area contributed by atoms with Gasteiger partial charge < -0.3 is 29.7 Å². The predicted molar refractivity (Wildman–Crippen MR) is 150 cm³/mol. The van der Waals surface area contributed by atoms with E-state index in [1.807, 2.05) is 0 Å². The molecule has 40 heavy (non-hydrogen) atoms. The first kappa shape index (κ1) is 28.1. The number of amides is 1. The SMILES string of the molecule is C=CC(=O)N[C@H]1CCOC[C@H]1Nc1cc2c(N3CC(F)(F)C3)nc(-c3c(Cl)c(OC)cc(OC)c3Cl)cc2cn1. The lowest BCUT2D eigenvalue weighted by Gasteiger charge is -2.40. The van der Waals surface area contributed by atoms with Gasteiger partial charge in [0, 0.05) is 35.2 Å². The van der Waals surface area contributed by atoms with E-state index < -0.39 is 19.0 Å². The maximum absolute atomic E-state index is 14.0. The molecular weight excluding hydrogens is 567 g/mol. The number of hydrogen-bond acceptors (Lipinski definition) is 8. The Morgan fingerprint density at radius 3 is 2.50 bits per heavy atom. The van der Waals surface area contributed by atoms with E-state index in [0.29, 0.717) is 64.8 Å². The fourth-order valence-electron chi connectivity index (χ4n) is 4.83. The molecule has 2 saturated heterocycles. The summed E-state index contributed by atoms with van der Waals surface area (Å²) in [6.45, 7) is 3.38. The molecular formula is C27H27Cl2F2N5O4. The summed E-state index contributed by atoms with van der Waals surface area (Å²) < 4.78 is 44.3. The zero-order valence-electron chi connectivity index (χ0n) is 21.8. The summed E-state index contributed by atoms with van der Waals surface area (Å²) >= 11 is 13.3. The Morgan fingerprint density at radius 1 is 1.18 bits per heavy atom. The molecule has 3 aromatic rings. The molecule has 2 aliphatic rings. The molecule has 1 amide bonds. The van der Waals surface area contributed by atoms with E-state index in [-0.39, 0.29) is 28.0 Å². The minimum Gasteiger partial charge on any atom is -0.495 e. The Labute approximate surface area is 239 Å². The highest BCUT2D eigenvalue weighted by Gasteiger charge is 2.45. The Balaban J connectivity index is 1.58. The van der Waals surface area contributed by atoms with Crippen LogP contribution in [0.25, 0.3) is 22.0 Å². The molecule has 2 fully saturated rings.